The summed E-state index contributed by atoms with van der Waals surface area (Å²) in [5.41, 5.74) is 1.25. The molecule has 1 saturated heterocycles. The lowest BCUT2D eigenvalue weighted by atomic mass is 10.1. The second-order valence-electron chi connectivity index (χ2n) is 7.54. The van der Waals surface area contributed by atoms with Gasteiger partial charge < -0.3 is 24.4 Å². The highest BCUT2D eigenvalue weighted by Crippen LogP contribution is 2.36. The normalized spacial score (nSPS) is 18.8. The van der Waals surface area contributed by atoms with Crippen molar-refractivity contribution in [1.82, 2.24) is 4.90 Å². The number of ether oxygens (including phenoxy) is 3. The van der Waals surface area contributed by atoms with Crippen molar-refractivity contribution < 1.29 is 23.8 Å². The SMILES string of the molecule is CC1Oc2ccc(NC(=O)COc3ccccc3)cc2N(CCN2CCOCC2)C1=O. The number of carbonyl (C=O) groups is 2. The van der Waals surface area contributed by atoms with Crippen molar-refractivity contribution in [2.75, 3.05) is 56.2 Å². The first kappa shape index (κ1) is 21.1. The van der Waals surface area contributed by atoms with Gasteiger partial charge in [-0.3, -0.25) is 14.5 Å². The zero-order valence-electron chi connectivity index (χ0n) is 17.6. The van der Waals surface area contributed by atoms with E-state index in [4.69, 9.17) is 14.2 Å². The molecule has 0 bridgehead atoms. The molecule has 2 heterocycles. The number of anilines is 2. The monoisotopic (exact) mass is 425 g/mol. The largest absolute Gasteiger partial charge is 0.484 e. The lowest BCUT2D eigenvalue weighted by molar-refractivity contribution is -0.125. The van der Waals surface area contributed by atoms with Gasteiger partial charge in [0.05, 0.1) is 18.9 Å². The van der Waals surface area contributed by atoms with Crippen LogP contribution < -0.4 is 19.7 Å². The number of hydrogen-bond donors (Lipinski definition) is 1. The Bertz CT molecular complexity index is 915. The van der Waals surface area contributed by atoms with Crippen molar-refractivity contribution in [3.05, 3.63) is 48.5 Å². The van der Waals surface area contributed by atoms with Crippen molar-refractivity contribution in [1.29, 1.82) is 0 Å². The standard InChI is InChI=1S/C23H27N3O5/c1-17-23(28)26(10-9-25-11-13-29-14-12-25)20-15-18(7-8-21(20)31-17)24-22(27)16-30-19-5-3-2-4-6-19/h2-8,15,17H,9-14,16H2,1H3,(H,24,27). The molecule has 0 radical (unpaired) electrons. The van der Waals surface area contributed by atoms with Crippen molar-refractivity contribution in [2.24, 2.45) is 0 Å². The van der Waals surface area contributed by atoms with Gasteiger partial charge in [-0.1, -0.05) is 18.2 Å². The molecule has 1 atom stereocenters. The van der Waals surface area contributed by atoms with E-state index in [9.17, 15) is 9.59 Å². The first-order valence-electron chi connectivity index (χ1n) is 10.5. The highest BCUT2D eigenvalue weighted by atomic mass is 16.5. The maximum atomic E-state index is 12.8. The fourth-order valence-corrected chi connectivity index (χ4v) is 3.64. The summed E-state index contributed by atoms with van der Waals surface area (Å²) >= 11 is 0. The van der Waals surface area contributed by atoms with Gasteiger partial charge in [-0.25, -0.2) is 0 Å². The first-order valence-corrected chi connectivity index (χ1v) is 10.5. The second kappa shape index (κ2) is 9.80. The Morgan fingerprint density at radius 2 is 1.90 bits per heavy atom. The quantitative estimate of drug-likeness (QED) is 0.732. The Morgan fingerprint density at radius 3 is 2.68 bits per heavy atom. The number of para-hydroxylation sites is 1. The Balaban J connectivity index is 1.42. The summed E-state index contributed by atoms with van der Waals surface area (Å²) in [5, 5.41) is 2.83. The van der Waals surface area contributed by atoms with E-state index in [1.807, 2.05) is 18.2 Å². The third-order valence-corrected chi connectivity index (χ3v) is 5.31. The Kier molecular flexibility index (Phi) is 6.69. The van der Waals surface area contributed by atoms with Crippen LogP contribution in [-0.4, -0.2) is 68.8 Å². The molecule has 2 aromatic rings. The van der Waals surface area contributed by atoms with Crippen molar-refractivity contribution >= 4 is 23.2 Å². The van der Waals surface area contributed by atoms with Gasteiger partial charge in [0.2, 0.25) is 0 Å². The third kappa shape index (κ3) is 5.34. The van der Waals surface area contributed by atoms with E-state index in [0.717, 1.165) is 19.6 Å². The Morgan fingerprint density at radius 1 is 1.13 bits per heavy atom. The summed E-state index contributed by atoms with van der Waals surface area (Å²) in [6.07, 6.45) is -0.545. The predicted octanol–water partition coefficient (Wildman–Crippen LogP) is 2.15. The Hall–Kier alpha value is -3.10. The molecule has 1 unspecified atom stereocenters. The van der Waals surface area contributed by atoms with Gasteiger partial charge in [-0.15, -0.1) is 0 Å². The van der Waals surface area contributed by atoms with E-state index in [1.54, 1.807) is 42.2 Å². The maximum Gasteiger partial charge on any atom is 0.267 e. The summed E-state index contributed by atoms with van der Waals surface area (Å²) in [6, 6.07) is 14.5. The van der Waals surface area contributed by atoms with Gasteiger partial charge >= 0.3 is 0 Å². The molecule has 0 aromatic heterocycles. The number of nitrogens with one attached hydrogen (secondary N) is 1. The smallest absolute Gasteiger partial charge is 0.267 e. The highest BCUT2D eigenvalue weighted by molar-refractivity contribution is 6.01. The molecule has 31 heavy (non-hydrogen) atoms. The van der Waals surface area contributed by atoms with Crippen LogP contribution in [0.1, 0.15) is 6.92 Å². The van der Waals surface area contributed by atoms with Gasteiger partial charge in [0, 0.05) is 31.9 Å². The van der Waals surface area contributed by atoms with Crippen molar-refractivity contribution in [3.8, 4) is 11.5 Å². The summed E-state index contributed by atoms with van der Waals surface area (Å²) in [4.78, 5) is 29.1. The summed E-state index contributed by atoms with van der Waals surface area (Å²) in [7, 11) is 0. The summed E-state index contributed by atoms with van der Waals surface area (Å²) < 4.78 is 16.7. The van der Waals surface area contributed by atoms with Crippen LogP contribution in [0, 0.1) is 0 Å². The molecule has 2 aliphatic heterocycles. The van der Waals surface area contributed by atoms with Crippen LogP contribution in [0.4, 0.5) is 11.4 Å². The number of hydrogen-bond acceptors (Lipinski definition) is 6. The van der Waals surface area contributed by atoms with E-state index >= 15 is 0 Å². The van der Waals surface area contributed by atoms with E-state index in [0.29, 0.717) is 42.6 Å². The van der Waals surface area contributed by atoms with Crippen LogP contribution in [0.3, 0.4) is 0 Å². The van der Waals surface area contributed by atoms with Crippen LogP contribution in [0.25, 0.3) is 0 Å². The maximum absolute atomic E-state index is 12.8. The second-order valence-corrected chi connectivity index (χ2v) is 7.54. The molecule has 1 N–H and O–H groups in total. The van der Waals surface area contributed by atoms with Crippen LogP contribution in [0.5, 0.6) is 11.5 Å². The lowest BCUT2D eigenvalue weighted by Crippen LogP contribution is -2.48. The number of carbonyl (C=O) groups excluding carboxylic acids is 2. The van der Waals surface area contributed by atoms with Crippen LogP contribution >= 0.6 is 0 Å². The minimum absolute atomic E-state index is 0.0864. The van der Waals surface area contributed by atoms with E-state index in [2.05, 4.69) is 10.2 Å². The number of nitrogens with zero attached hydrogens (tertiary/aromatic N) is 2. The van der Waals surface area contributed by atoms with E-state index in [-0.39, 0.29) is 18.4 Å². The predicted molar refractivity (Wildman–Crippen MR) is 117 cm³/mol. The average molecular weight is 425 g/mol. The molecule has 8 heteroatoms. The summed E-state index contributed by atoms with van der Waals surface area (Å²) in [5.74, 6) is 0.898. The minimum atomic E-state index is -0.545. The molecule has 164 valence electrons. The minimum Gasteiger partial charge on any atom is -0.484 e. The zero-order chi connectivity index (χ0) is 21.6. The summed E-state index contributed by atoms with van der Waals surface area (Å²) in [6.45, 7) is 6.10. The number of morpholine rings is 1. The average Bonchev–Trinajstić information content (AvgIpc) is 2.80. The zero-order valence-corrected chi connectivity index (χ0v) is 17.6. The lowest BCUT2D eigenvalue weighted by Gasteiger charge is -2.35. The molecule has 1 fully saturated rings. The molecule has 8 nitrogen and oxygen atoms in total. The Labute approximate surface area is 181 Å². The van der Waals surface area contributed by atoms with Crippen molar-refractivity contribution in [2.45, 2.75) is 13.0 Å². The van der Waals surface area contributed by atoms with Gasteiger partial charge in [-0.2, -0.15) is 0 Å². The fraction of sp³-hybridized carbons (Fsp3) is 0.391. The molecular formula is C23H27N3O5. The van der Waals surface area contributed by atoms with Gasteiger partial charge in [0.1, 0.15) is 11.5 Å². The molecule has 0 aliphatic carbocycles. The molecule has 4 rings (SSSR count). The third-order valence-electron chi connectivity index (χ3n) is 5.31. The molecule has 2 aromatic carbocycles. The highest BCUT2D eigenvalue weighted by Gasteiger charge is 2.32. The van der Waals surface area contributed by atoms with E-state index < -0.39 is 6.10 Å². The van der Waals surface area contributed by atoms with Crippen molar-refractivity contribution in [3.63, 3.8) is 0 Å². The molecule has 0 saturated carbocycles. The number of fused-ring (bicyclic) bond motifs is 1. The molecule has 2 amide bonds. The molecule has 0 spiro atoms. The molecule has 2 aliphatic rings. The number of rotatable bonds is 7. The van der Waals surface area contributed by atoms with Gasteiger partial charge in [0.15, 0.2) is 12.7 Å². The van der Waals surface area contributed by atoms with E-state index in [1.165, 1.54) is 0 Å². The van der Waals surface area contributed by atoms with Crippen LogP contribution in [-0.2, 0) is 14.3 Å². The van der Waals surface area contributed by atoms with Gasteiger partial charge in [0.25, 0.3) is 11.8 Å². The van der Waals surface area contributed by atoms with Gasteiger partial charge in [-0.05, 0) is 37.3 Å². The molecular weight excluding hydrogens is 398 g/mol. The van der Waals surface area contributed by atoms with Crippen LogP contribution in [0.2, 0.25) is 0 Å². The number of benzene rings is 2. The topological polar surface area (TPSA) is 80.3 Å². The first-order chi connectivity index (χ1) is 15.1. The fourth-order valence-electron chi connectivity index (χ4n) is 3.64. The van der Waals surface area contributed by atoms with Crippen LogP contribution in [0.15, 0.2) is 48.5 Å². The number of amides is 2.